The van der Waals surface area contributed by atoms with E-state index in [1.165, 1.54) is 29.1 Å². The van der Waals surface area contributed by atoms with Crippen LogP contribution in [0.3, 0.4) is 0 Å². The molecule has 0 amide bonds. The molecular weight excluding hydrogens is 188 g/mol. The van der Waals surface area contributed by atoms with Crippen LogP contribution in [0.5, 0.6) is 0 Å². The van der Waals surface area contributed by atoms with Gasteiger partial charge in [-0.3, -0.25) is 0 Å². The topological polar surface area (TPSA) is 30.7 Å². The van der Waals surface area contributed by atoms with Crippen LogP contribution in [0.1, 0.15) is 5.56 Å². The summed E-state index contributed by atoms with van der Waals surface area (Å²) in [5.74, 6) is -1.14. The summed E-state index contributed by atoms with van der Waals surface area (Å²) in [5, 5.41) is 7.17. The summed E-state index contributed by atoms with van der Waals surface area (Å²) in [4.78, 5) is 0. The molecule has 1 aromatic carbocycles. The molecule has 72 valence electrons. The zero-order valence-corrected chi connectivity index (χ0v) is 7.19. The van der Waals surface area contributed by atoms with Gasteiger partial charge < -0.3 is 0 Å². The second kappa shape index (κ2) is 3.53. The van der Waals surface area contributed by atoms with Crippen LogP contribution in [0.15, 0.2) is 30.6 Å². The van der Waals surface area contributed by atoms with Gasteiger partial charge in [-0.2, -0.15) is 0 Å². The average molecular weight is 195 g/mol. The van der Waals surface area contributed by atoms with E-state index >= 15 is 0 Å². The molecule has 0 aliphatic rings. The highest BCUT2D eigenvalue weighted by Crippen LogP contribution is 2.12. The van der Waals surface area contributed by atoms with E-state index < -0.39 is 11.6 Å². The molecule has 0 unspecified atom stereocenters. The first kappa shape index (κ1) is 8.80. The molecule has 5 heteroatoms. The van der Waals surface area contributed by atoms with E-state index in [-0.39, 0.29) is 12.1 Å². The molecule has 0 radical (unpaired) electrons. The molecule has 0 saturated heterocycles. The molecule has 0 spiro atoms. The summed E-state index contributed by atoms with van der Waals surface area (Å²) in [6.07, 6.45) is 3.00. The summed E-state index contributed by atoms with van der Waals surface area (Å²) >= 11 is 0. The molecular formula is C9H7F2N3. The standard InChI is InChI=1S/C9H7F2N3/c10-8-2-1-3-9(11)7(8)6-14-5-4-12-13-14/h1-5H,6H2. The summed E-state index contributed by atoms with van der Waals surface area (Å²) in [6, 6.07) is 3.76. The van der Waals surface area contributed by atoms with E-state index in [0.717, 1.165) is 0 Å². The quantitative estimate of drug-likeness (QED) is 0.728. The number of benzene rings is 1. The number of aromatic nitrogens is 3. The number of nitrogens with zero attached hydrogens (tertiary/aromatic N) is 3. The molecule has 2 rings (SSSR count). The lowest BCUT2D eigenvalue weighted by molar-refractivity contribution is 0.528. The minimum Gasteiger partial charge on any atom is -0.248 e. The van der Waals surface area contributed by atoms with E-state index in [1.54, 1.807) is 6.20 Å². The van der Waals surface area contributed by atoms with Gasteiger partial charge in [-0.1, -0.05) is 11.3 Å². The van der Waals surface area contributed by atoms with E-state index in [4.69, 9.17) is 0 Å². The van der Waals surface area contributed by atoms with E-state index in [0.29, 0.717) is 0 Å². The lowest BCUT2D eigenvalue weighted by Crippen LogP contribution is -2.05. The van der Waals surface area contributed by atoms with Crippen LogP contribution in [0.25, 0.3) is 0 Å². The van der Waals surface area contributed by atoms with Crippen LogP contribution in [0.2, 0.25) is 0 Å². The average Bonchev–Trinajstić information content (AvgIpc) is 2.64. The summed E-state index contributed by atoms with van der Waals surface area (Å²) in [7, 11) is 0. The molecule has 0 atom stereocenters. The fraction of sp³-hybridized carbons (Fsp3) is 0.111. The van der Waals surface area contributed by atoms with Crippen LogP contribution >= 0.6 is 0 Å². The molecule has 0 fully saturated rings. The second-order valence-electron chi connectivity index (χ2n) is 2.80. The third-order valence-corrected chi connectivity index (χ3v) is 1.85. The first-order valence-corrected chi connectivity index (χ1v) is 4.04. The Bertz CT molecular complexity index is 405. The van der Waals surface area contributed by atoms with Gasteiger partial charge in [0, 0.05) is 11.8 Å². The SMILES string of the molecule is Fc1cccc(F)c1Cn1ccnn1. The predicted molar refractivity (Wildman–Crippen MR) is 45.5 cm³/mol. The Kier molecular flexibility index (Phi) is 2.22. The first-order chi connectivity index (χ1) is 6.77. The van der Waals surface area contributed by atoms with Crippen molar-refractivity contribution in [3.8, 4) is 0 Å². The van der Waals surface area contributed by atoms with Crippen LogP contribution in [-0.2, 0) is 6.54 Å². The lowest BCUT2D eigenvalue weighted by atomic mass is 10.2. The van der Waals surface area contributed by atoms with Crippen LogP contribution in [0.4, 0.5) is 8.78 Å². The van der Waals surface area contributed by atoms with Gasteiger partial charge in [-0.15, -0.1) is 5.10 Å². The molecule has 14 heavy (non-hydrogen) atoms. The fourth-order valence-corrected chi connectivity index (χ4v) is 1.16. The Morgan fingerprint density at radius 3 is 2.50 bits per heavy atom. The third-order valence-electron chi connectivity index (χ3n) is 1.85. The maximum atomic E-state index is 13.1. The van der Waals surface area contributed by atoms with Crippen molar-refractivity contribution in [1.29, 1.82) is 0 Å². The smallest absolute Gasteiger partial charge is 0.131 e. The highest BCUT2D eigenvalue weighted by molar-refractivity contribution is 5.19. The number of halogens is 2. The fourth-order valence-electron chi connectivity index (χ4n) is 1.16. The largest absolute Gasteiger partial charge is 0.248 e. The zero-order chi connectivity index (χ0) is 9.97. The van der Waals surface area contributed by atoms with Gasteiger partial charge >= 0.3 is 0 Å². The Labute approximate surface area is 79.0 Å². The summed E-state index contributed by atoms with van der Waals surface area (Å²) in [5.41, 5.74) is -0.00185. The number of hydrogen-bond acceptors (Lipinski definition) is 2. The Balaban J connectivity index is 2.33. The van der Waals surface area contributed by atoms with Crippen molar-refractivity contribution in [2.75, 3.05) is 0 Å². The van der Waals surface area contributed by atoms with E-state index in [1.807, 2.05) is 0 Å². The zero-order valence-electron chi connectivity index (χ0n) is 7.19. The lowest BCUT2D eigenvalue weighted by Gasteiger charge is -2.03. The van der Waals surface area contributed by atoms with Gasteiger partial charge in [0.05, 0.1) is 12.7 Å². The van der Waals surface area contributed by atoms with Gasteiger partial charge in [0.15, 0.2) is 0 Å². The third kappa shape index (κ3) is 1.61. The van der Waals surface area contributed by atoms with Crippen molar-refractivity contribution in [1.82, 2.24) is 15.0 Å². The summed E-state index contributed by atoms with van der Waals surface area (Å²) < 4.78 is 27.6. The molecule has 1 aromatic heterocycles. The normalized spacial score (nSPS) is 10.4. The Morgan fingerprint density at radius 2 is 1.93 bits per heavy atom. The van der Waals surface area contributed by atoms with Crippen LogP contribution < -0.4 is 0 Å². The van der Waals surface area contributed by atoms with Crippen molar-refractivity contribution in [3.05, 3.63) is 47.8 Å². The van der Waals surface area contributed by atoms with Crippen molar-refractivity contribution in [2.45, 2.75) is 6.54 Å². The van der Waals surface area contributed by atoms with Crippen molar-refractivity contribution >= 4 is 0 Å². The molecule has 2 aromatic rings. The minimum atomic E-state index is -0.569. The Hall–Kier alpha value is -1.78. The number of hydrogen-bond donors (Lipinski definition) is 0. The highest BCUT2D eigenvalue weighted by Gasteiger charge is 2.08. The molecule has 0 bridgehead atoms. The number of rotatable bonds is 2. The maximum absolute atomic E-state index is 13.1. The van der Waals surface area contributed by atoms with Gasteiger partial charge in [0.2, 0.25) is 0 Å². The molecule has 1 heterocycles. The molecule has 0 N–H and O–H groups in total. The monoisotopic (exact) mass is 195 g/mol. The molecule has 3 nitrogen and oxygen atoms in total. The van der Waals surface area contributed by atoms with Crippen LogP contribution in [0, 0.1) is 11.6 Å². The van der Waals surface area contributed by atoms with Crippen molar-refractivity contribution < 1.29 is 8.78 Å². The van der Waals surface area contributed by atoms with E-state index in [9.17, 15) is 8.78 Å². The van der Waals surface area contributed by atoms with Crippen molar-refractivity contribution in [3.63, 3.8) is 0 Å². The first-order valence-electron chi connectivity index (χ1n) is 4.04. The van der Waals surface area contributed by atoms with Gasteiger partial charge in [-0.25, -0.2) is 13.5 Å². The maximum Gasteiger partial charge on any atom is 0.131 e. The predicted octanol–water partition coefficient (Wildman–Crippen LogP) is 1.60. The Morgan fingerprint density at radius 1 is 1.21 bits per heavy atom. The molecule has 0 saturated carbocycles. The molecule has 0 aliphatic carbocycles. The van der Waals surface area contributed by atoms with Crippen LogP contribution in [-0.4, -0.2) is 15.0 Å². The second-order valence-corrected chi connectivity index (χ2v) is 2.80. The highest BCUT2D eigenvalue weighted by atomic mass is 19.1. The molecule has 0 aliphatic heterocycles. The van der Waals surface area contributed by atoms with E-state index in [2.05, 4.69) is 10.3 Å². The van der Waals surface area contributed by atoms with Gasteiger partial charge in [-0.05, 0) is 12.1 Å². The van der Waals surface area contributed by atoms with Gasteiger partial charge in [0.25, 0.3) is 0 Å². The summed E-state index contributed by atoms with van der Waals surface area (Å²) in [6.45, 7) is 0.0541. The minimum absolute atomic E-state index is 0.00185. The van der Waals surface area contributed by atoms with Crippen molar-refractivity contribution in [2.24, 2.45) is 0 Å². The van der Waals surface area contributed by atoms with Gasteiger partial charge in [0.1, 0.15) is 11.6 Å².